The van der Waals surface area contributed by atoms with Gasteiger partial charge in [-0.2, -0.15) is 0 Å². The lowest BCUT2D eigenvalue weighted by Crippen LogP contribution is -2.63. The fourth-order valence-electron chi connectivity index (χ4n) is 3.44. The van der Waals surface area contributed by atoms with Crippen LogP contribution in [0.5, 0.6) is 0 Å². The van der Waals surface area contributed by atoms with Crippen LogP contribution < -0.4 is 10.6 Å². The molecule has 116 valence electrons. The average Bonchev–Trinajstić information content (AvgIpc) is 2.18. The highest BCUT2D eigenvalue weighted by molar-refractivity contribution is 5.74. The molecular formula is C15H29N3O2. The standard InChI is InChI=1S/C15H29N3O2/c1-11(19)16-7-8-18(12(2)20)13-9-14(3,4)17-15(5,6)10-13/h13,17H,7-10H2,1-6H3,(H,16,19). The highest BCUT2D eigenvalue weighted by Gasteiger charge is 2.40. The largest absolute Gasteiger partial charge is 0.355 e. The molecule has 1 rings (SSSR count). The van der Waals surface area contributed by atoms with E-state index in [1.165, 1.54) is 6.92 Å². The number of amides is 2. The number of hydrogen-bond acceptors (Lipinski definition) is 3. The van der Waals surface area contributed by atoms with E-state index in [0.717, 1.165) is 12.8 Å². The Hall–Kier alpha value is -1.10. The van der Waals surface area contributed by atoms with E-state index in [1.54, 1.807) is 6.92 Å². The Balaban J connectivity index is 2.75. The highest BCUT2D eigenvalue weighted by atomic mass is 16.2. The van der Waals surface area contributed by atoms with Gasteiger partial charge in [-0.05, 0) is 40.5 Å². The van der Waals surface area contributed by atoms with Crippen molar-refractivity contribution in [3.8, 4) is 0 Å². The fraction of sp³-hybridized carbons (Fsp3) is 0.867. The monoisotopic (exact) mass is 283 g/mol. The first-order valence-corrected chi connectivity index (χ1v) is 7.33. The maximum absolute atomic E-state index is 11.9. The molecule has 0 spiro atoms. The van der Waals surface area contributed by atoms with E-state index >= 15 is 0 Å². The van der Waals surface area contributed by atoms with Crippen molar-refractivity contribution in [2.75, 3.05) is 13.1 Å². The molecule has 0 aromatic carbocycles. The number of hydrogen-bond donors (Lipinski definition) is 2. The molecule has 5 heteroatoms. The van der Waals surface area contributed by atoms with Crippen LogP contribution in [0.15, 0.2) is 0 Å². The van der Waals surface area contributed by atoms with Crippen LogP contribution in [0.4, 0.5) is 0 Å². The van der Waals surface area contributed by atoms with Crippen LogP contribution in [0.3, 0.4) is 0 Å². The van der Waals surface area contributed by atoms with Crippen molar-refractivity contribution in [2.45, 2.75) is 71.5 Å². The van der Waals surface area contributed by atoms with Crippen molar-refractivity contribution < 1.29 is 9.59 Å². The van der Waals surface area contributed by atoms with Gasteiger partial charge in [0, 0.05) is 44.1 Å². The molecule has 20 heavy (non-hydrogen) atoms. The molecule has 1 fully saturated rings. The van der Waals surface area contributed by atoms with Crippen molar-refractivity contribution in [1.82, 2.24) is 15.5 Å². The molecule has 0 aliphatic carbocycles. The first-order valence-electron chi connectivity index (χ1n) is 7.33. The molecule has 1 saturated heterocycles. The summed E-state index contributed by atoms with van der Waals surface area (Å²) in [6, 6.07) is 0.215. The van der Waals surface area contributed by atoms with Crippen LogP contribution in [0.25, 0.3) is 0 Å². The number of nitrogens with one attached hydrogen (secondary N) is 2. The molecule has 0 unspecified atom stereocenters. The summed E-state index contributed by atoms with van der Waals surface area (Å²) >= 11 is 0. The minimum Gasteiger partial charge on any atom is -0.355 e. The van der Waals surface area contributed by atoms with Gasteiger partial charge in [-0.15, -0.1) is 0 Å². The molecular weight excluding hydrogens is 254 g/mol. The quantitative estimate of drug-likeness (QED) is 0.817. The van der Waals surface area contributed by atoms with Crippen LogP contribution in [-0.2, 0) is 9.59 Å². The zero-order valence-electron chi connectivity index (χ0n) is 13.7. The third-order valence-corrected chi connectivity index (χ3v) is 3.74. The highest BCUT2D eigenvalue weighted by Crippen LogP contribution is 2.31. The number of piperidine rings is 1. The number of carbonyl (C=O) groups is 2. The van der Waals surface area contributed by atoms with Gasteiger partial charge in [0.1, 0.15) is 0 Å². The SMILES string of the molecule is CC(=O)NCCN(C(C)=O)C1CC(C)(C)NC(C)(C)C1. The van der Waals surface area contributed by atoms with Gasteiger partial charge in [-0.25, -0.2) is 0 Å². The van der Waals surface area contributed by atoms with Crippen LogP contribution in [0, 0.1) is 0 Å². The molecule has 2 N–H and O–H groups in total. The smallest absolute Gasteiger partial charge is 0.219 e. The third kappa shape index (κ3) is 5.12. The number of nitrogens with zero attached hydrogens (tertiary/aromatic N) is 1. The summed E-state index contributed by atoms with van der Waals surface area (Å²) in [7, 11) is 0. The van der Waals surface area contributed by atoms with Crippen molar-refractivity contribution in [3.05, 3.63) is 0 Å². The van der Waals surface area contributed by atoms with Gasteiger partial charge in [0.15, 0.2) is 0 Å². The van der Waals surface area contributed by atoms with E-state index in [-0.39, 0.29) is 28.9 Å². The molecule has 5 nitrogen and oxygen atoms in total. The second-order valence-corrected chi connectivity index (χ2v) is 7.15. The summed E-state index contributed by atoms with van der Waals surface area (Å²) in [6.45, 7) is 12.9. The minimum atomic E-state index is -0.0560. The summed E-state index contributed by atoms with van der Waals surface area (Å²) < 4.78 is 0. The van der Waals surface area contributed by atoms with E-state index < -0.39 is 0 Å². The molecule has 1 heterocycles. The minimum absolute atomic E-state index is 0.00806. The zero-order chi connectivity index (χ0) is 15.6. The van der Waals surface area contributed by atoms with Gasteiger partial charge in [-0.3, -0.25) is 9.59 Å². The topological polar surface area (TPSA) is 61.4 Å². The molecule has 1 aliphatic rings. The number of carbonyl (C=O) groups excluding carboxylic acids is 2. The molecule has 0 radical (unpaired) electrons. The van der Waals surface area contributed by atoms with E-state index in [9.17, 15) is 9.59 Å². The Morgan fingerprint density at radius 3 is 2.05 bits per heavy atom. The second-order valence-electron chi connectivity index (χ2n) is 7.15. The lowest BCUT2D eigenvalue weighted by molar-refractivity contribution is -0.133. The molecule has 2 amide bonds. The third-order valence-electron chi connectivity index (χ3n) is 3.74. The van der Waals surface area contributed by atoms with Gasteiger partial charge < -0.3 is 15.5 Å². The Bertz CT molecular complexity index is 361. The van der Waals surface area contributed by atoms with Crippen LogP contribution in [0.1, 0.15) is 54.4 Å². The summed E-state index contributed by atoms with van der Waals surface area (Å²) in [5.41, 5.74) is 0.0161. The van der Waals surface area contributed by atoms with Crippen molar-refractivity contribution in [1.29, 1.82) is 0 Å². The Labute approximate surface area is 122 Å². The maximum Gasteiger partial charge on any atom is 0.219 e. The normalized spacial score (nSPS) is 21.3. The van der Waals surface area contributed by atoms with Gasteiger partial charge in [0.25, 0.3) is 0 Å². The Morgan fingerprint density at radius 1 is 1.15 bits per heavy atom. The van der Waals surface area contributed by atoms with E-state index in [0.29, 0.717) is 13.1 Å². The molecule has 0 atom stereocenters. The predicted octanol–water partition coefficient (Wildman–Crippen LogP) is 1.28. The summed E-state index contributed by atoms with van der Waals surface area (Å²) in [6.07, 6.45) is 1.85. The van der Waals surface area contributed by atoms with Crippen LogP contribution in [-0.4, -0.2) is 46.9 Å². The zero-order valence-corrected chi connectivity index (χ0v) is 13.7. The number of rotatable bonds is 4. The van der Waals surface area contributed by atoms with Gasteiger partial charge in [-0.1, -0.05) is 0 Å². The summed E-state index contributed by atoms with van der Waals surface area (Å²) in [4.78, 5) is 24.8. The van der Waals surface area contributed by atoms with E-state index in [1.807, 2.05) is 4.90 Å². The van der Waals surface area contributed by atoms with E-state index in [4.69, 9.17) is 0 Å². The second kappa shape index (κ2) is 6.12. The summed E-state index contributed by atoms with van der Waals surface area (Å²) in [5.74, 6) is 0.0216. The van der Waals surface area contributed by atoms with Crippen molar-refractivity contribution in [3.63, 3.8) is 0 Å². The molecule has 0 bridgehead atoms. The Kier molecular flexibility index (Phi) is 5.19. The predicted molar refractivity (Wildman–Crippen MR) is 80.4 cm³/mol. The van der Waals surface area contributed by atoms with Gasteiger partial charge >= 0.3 is 0 Å². The molecule has 0 aromatic rings. The lowest BCUT2D eigenvalue weighted by Gasteiger charge is -2.49. The van der Waals surface area contributed by atoms with Crippen molar-refractivity contribution >= 4 is 11.8 Å². The van der Waals surface area contributed by atoms with Crippen molar-refractivity contribution in [2.24, 2.45) is 0 Å². The molecule has 1 aliphatic heterocycles. The van der Waals surface area contributed by atoms with Crippen LogP contribution in [0.2, 0.25) is 0 Å². The molecule has 0 aromatic heterocycles. The first kappa shape index (κ1) is 17.0. The molecule has 0 saturated carbocycles. The van der Waals surface area contributed by atoms with Gasteiger partial charge in [0.05, 0.1) is 0 Å². The average molecular weight is 283 g/mol. The fourth-order valence-corrected chi connectivity index (χ4v) is 3.44. The van der Waals surface area contributed by atoms with Gasteiger partial charge in [0.2, 0.25) is 11.8 Å². The first-order chi connectivity index (χ1) is 9.02. The van der Waals surface area contributed by atoms with E-state index in [2.05, 4.69) is 38.3 Å². The Morgan fingerprint density at radius 2 is 1.65 bits per heavy atom. The van der Waals surface area contributed by atoms with Crippen LogP contribution >= 0.6 is 0 Å². The lowest BCUT2D eigenvalue weighted by atomic mass is 9.79. The maximum atomic E-state index is 11.9. The summed E-state index contributed by atoms with van der Waals surface area (Å²) in [5, 5.41) is 6.39.